The van der Waals surface area contributed by atoms with Gasteiger partial charge < -0.3 is 4.90 Å². The van der Waals surface area contributed by atoms with Crippen LogP contribution in [0.15, 0.2) is 23.1 Å². The first-order valence-corrected chi connectivity index (χ1v) is 10.2. The predicted octanol–water partition coefficient (Wildman–Crippen LogP) is 3.24. The van der Waals surface area contributed by atoms with E-state index in [2.05, 4.69) is 6.92 Å². The zero-order chi connectivity index (χ0) is 17.9. The van der Waals surface area contributed by atoms with Crippen LogP contribution in [0.2, 0.25) is 5.02 Å². The van der Waals surface area contributed by atoms with E-state index in [-0.39, 0.29) is 15.8 Å². The number of sulfonamides is 1. The van der Waals surface area contributed by atoms with Crippen molar-refractivity contribution in [3.8, 4) is 0 Å². The lowest BCUT2D eigenvalue weighted by Gasteiger charge is -2.31. The van der Waals surface area contributed by atoms with E-state index in [1.807, 2.05) is 0 Å². The smallest absolute Gasteiger partial charge is 0.253 e. The second-order valence-electron chi connectivity index (χ2n) is 6.23. The van der Waals surface area contributed by atoms with Crippen molar-refractivity contribution >= 4 is 27.5 Å². The molecule has 0 aliphatic carbocycles. The van der Waals surface area contributed by atoms with Crippen molar-refractivity contribution in [2.45, 2.75) is 38.5 Å². The molecule has 1 saturated heterocycles. The average molecular weight is 373 g/mol. The molecule has 0 saturated carbocycles. The summed E-state index contributed by atoms with van der Waals surface area (Å²) in [5.74, 6) is 0.336. The summed E-state index contributed by atoms with van der Waals surface area (Å²) in [6.45, 7) is 7.81. The number of rotatable bonds is 5. The number of hydrogen-bond donors (Lipinski definition) is 0. The highest BCUT2D eigenvalue weighted by atomic mass is 35.5. The van der Waals surface area contributed by atoms with Gasteiger partial charge in [-0.1, -0.05) is 32.4 Å². The van der Waals surface area contributed by atoms with Crippen LogP contribution in [0.25, 0.3) is 0 Å². The first-order chi connectivity index (χ1) is 11.3. The largest absolute Gasteiger partial charge is 0.338 e. The van der Waals surface area contributed by atoms with Gasteiger partial charge in [0, 0.05) is 31.7 Å². The molecule has 5 nitrogen and oxygen atoms in total. The number of benzene rings is 1. The molecule has 0 aromatic heterocycles. The van der Waals surface area contributed by atoms with Crippen LogP contribution in [0.5, 0.6) is 0 Å². The van der Waals surface area contributed by atoms with Gasteiger partial charge in [0.05, 0.1) is 5.02 Å². The van der Waals surface area contributed by atoms with Gasteiger partial charge in [0.1, 0.15) is 4.90 Å². The van der Waals surface area contributed by atoms with Gasteiger partial charge in [0.15, 0.2) is 0 Å². The summed E-state index contributed by atoms with van der Waals surface area (Å²) in [5, 5.41) is 0.144. The number of hydrogen-bond acceptors (Lipinski definition) is 3. The van der Waals surface area contributed by atoms with Gasteiger partial charge in [-0.3, -0.25) is 4.79 Å². The van der Waals surface area contributed by atoms with Crippen LogP contribution >= 0.6 is 11.6 Å². The molecule has 0 unspecified atom stereocenters. The van der Waals surface area contributed by atoms with E-state index >= 15 is 0 Å². The van der Waals surface area contributed by atoms with Crippen molar-refractivity contribution in [3.05, 3.63) is 28.8 Å². The molecule has 24 heavy (non-hydrogen) atoms. The summed E-state index contributed by atoms with van der Waals surface area (Å²) in [4.78, 5) is 14.5. The summed E-state index contributed by atoms with van der Waals surface area (Å²) in [6.07, 6.45) is 2.09. The number of likely N-dealkylation sites (tertiary alicyclic amines) is 1. The Morgan fingerprint density at radius 2 is 2.00 bits per heavy atom. The molecular formula is C17H25ClN2O3S. The number of carbonyl (C=O) groups excluding carboxylic acids is 1. The molecule has 0 N–H and O–H groups in total. The minimum Gasteiger partial charge on any atom is -0.338 e. The van der Waals surface area contributed by atoms with Crippen LogP contribution in [0.4, 0.5) is 0 Å². The Bertz CT molecular complexity index is 702. The molecule has 7 heteroatoms. The molecule has 1 aromatic carbocycles. The quantitative estimate of drug-likeness (QED) is 0.797. The zero-order valence-electron chi connectivity index (χ0n) is 14.5. The maximum atomic E-state index is 12.7. The minimum atomic E-state index is -3.70. The molecule has 1 aliphatic heterocycles. The number of halogens is 1. The van der Waals surface area contributed by atoms with Crippen molar-refractivity contribution in [3.63, 3.8) is 0 Å². The molecule has 2 rings (SSSR count). The van der Waals surface area contributed by atoms with Crippen molar-refractivity contribution in [1.82, 2.24) is 9.21 Å². The molecule has 0 bridgehead atoms. The summed E-state index contributed by atoms with van der Waals surface area (Å²) in [6, 6.07) is 4.52. The lowest BCUT2D eigenvalue weighted by Crippen LogP contribution is -2.39. The van der Waals surface area contributed by atoms with E-state index < -0.39 is 10.0 Å². The van der Waals surface area contributed by atoms with E-state index in [4.69, 9.17) is 11.6 Å². The molecule has 1 aliphatic rings. The first kappa shape index (κ1) is 19.2. The molecule has 1 amide bonds. The maximum Gasteiger partial charge on any atom is 0.253 e. The summed E-state index contributed by atoms with van der Waals surface area (Å²) in [5.41, 5.74) is 0.374. The maximum absolute atomic E-state index is 12.7. The van der Waals surface area contributed by atoms with Gasteiger partial charge in [-0.2, -0.15) is 4.31 Å². The third-order valence-electron chi connectivity index (χ3n) is 4.45. The Hall–Kier alpha value is -1.11. The third-order valence-corrected chi connectivity index (χ3v) is 6.98. The molecule has 1 aromatic rings. The lowest BCUT2D eigenvalue weighted by atomic mass is 9.99. The van der Waals surface area contributed by atoms with Gasteiger partial charge in [-0.15, -0.1) is 0 Å². The molecule has 134 valence electrons. The summed E-state index contributed by atoms with van der Waals surface area (Å²) >= 11 is 6.12. The van der Waals surface area contributed by atoms with Crippen molar-refractivity contribution in [1.29, 1.82) is 0 Å². The van der Waals surface area contributed by atoms with Gasteiger partial charge in [0.2, 0.25) is 10.0 Å². The molecule has 0 radical (unpaired) electrons. The number of amides is 1. The van der Waals surface area contributed by atoms with Gasteiger partial charge >= 0.3 is 0 Å². The van der Waals surface area contributed by atoms with E-state index in [1.54, 1.807) is 24.8 Å². The van der Waals surface area contributed by atoms with E-state index in [9.17, 15) is 13.2 Å². The molecular weight excluding hydrogens is 348 g/mol. The van der Waals surface area contributed by atoms with Crippen molar-refractivity contribution in [2.75, 3.05) is 26.2 Å². The van der Waals surface area contributed by atoms with Gasteiger partial charge in [0.25, 0.3) is 5.91 Å². The van der Waals surface area contributed by atoms with Gasteiger partial charge in [-0.05, 0) is 37.0 Å². The van der Waals surface area contributed by atoms with E-state index in [0.29, 0.717) is 37.7 Å². The fourth-order valence-corrected chi connectivity index (χ4v) is 5.05. The lowest BCUT2D eigenvalue weighted by molar-refractivity contribution is 0.0683. The minimum absolute atomic E-state index is 0.00349. The van der Waals surface area contributed by atoms with Crippen LogP contribution in [0, 0.1) is 5.92 Å². The first-order valence-electron chi connectivity index (χ1n) is 8.40. The Kier molecular flexibility index (Phi) is 6.28. The third kappa shape index (κ3) is 3.92. The van der Waals surface area contributed by atoms with Crippen molar-refractivity contribution < 1.29 is 13.2 Å². The summed E-state index contributed by atoms with van der Waals surface area (Å²) in [7, 11) is -3.70. The van der Waals surface area contributed by atoms with Crippen molar-refractivity contribution in [2.24, 2.45) is 5.92 Å². The Labute approximate surface area is 149 Å². The number of carbonyl (C=O) groups is 1. The fourth-order valence-electron chi connectivity index (χ4n) is 3.09. The van der Waals surface area contributed by atoms with E-state index in [1.165, 1.54) is 16.4 Å². The highest BCUT2D eigenvalue weighted by Gasteiger charge is 2.27. The molecule has 0 spiro atoms. The normalized spacial score (nSPS) is 18.9. The van der Waals surface area contributed by atoms with Crippen LogP contribution in [-0.4, -0.2) is 49.7 Å². The summed E-state index contributed by atoms with van der Waals surface area (Å²) < 4.78 is 26.8. The Balaban J connectivity index is 2.36. The topological polar surface area (TPSA) is 57.7 Å². The number of piperidine rings is 1. The zero-order valence-corrected chi connectivity index (χ0v) is 16.0. The second-order valence-corrected chi connectivity index (χ2v) is 8.55. The van der Waals surface area contributed by atoms with Crippen LogP contribution in [-0.2, 0) is 10.0 Å². The monoisotopic (exact) mass is 372 g/mol. The highest BCUT2D eigenvalue weighted by molar-refractivity contribution is 7.89. The Morgan fingerprint density at radius 1 is 1.33 bits per heavy atom. The predicted molar refractivity (Wildman–Crippen MR) is 95.9 cm³/mol. The van der Waals surface area contributed by atoms with Gasteiger partial charge in [-0.25, -0.2) is 8.42 Å². The van der Waals surface area contributed by atoms with Crippen LogP contribution < -0.4 is 0 Å². The standard InChI is InChI=1S/C17H25ClN2O3S/c1-4-20(5-2)24(22,23)16-11-14(8-9-15(16)18)17(21)19-10-6-7-13(3)12-19/h8-9,11,13H,4-7,10,12H2,1-3H3/t13-/m0/s1. The average Bonchev–Trinajstić information content (AvgIpc) is 2.55. The molecule has 1 atom stereocenters. The highest BCUT2D eigenvalue weighted by Crippen LogP contribution is 2.27. The fraction of sp³-hybridized carbons (Fsp3) is 0.588. The van der Waals surface area contributed by atoms with Crippen LogP contribution in [0.1, 0.15) is 44.0 Å². The Morgan fingerprint density at radius 3 is 2.58 bits per heavy atom. The second kappa shape index (κ2) is 7.85. The SMILES string of the molecule is CCN(CC)S(=O)(=O)c1cc(C(=O)N2CCC[C@H](C)C2)ccc1Cl. The van der Waals surface area contributed by atoms with E-state index in [0.717, 1.165) is 12.8 Å². The number of nitrogens with zero attached hydrogens (tertiary/aromatic N) is 2. The molecule has 1 fully saturated rings. The molecule has 1 heterocycles. The van der Waals surface area contributed by atoms with Crippen LogP contribution in [0.3, 0.4) is 0 Å².